The maximum Gasteiger partial charge on any atom is 0.337 e. The SMILES string of the molecule is C=C=CC#[N+][O-]. The number of rotatable bonds is 0. The number of hydrogen-bond acceptors (Lipinski definition) is 1. The summed E-state index contributed by atoms with van der Waals surface area (Å²) < 4.78 is 0. The average Bonchev–Trinajstić information content (AvgIpc) is 1.61. The van der Waals surface area contributed by atoms with Crippen LogP contribution < -0.4 is 0 Å². The zero-order valence-electron chi connectivity index (χ0n) is 3.14. The van der Waals surface area contributed by atoms with Crippen LogP contribution in [0.2, 0.25) is 0 Å². The van der Waals surface area contributed by atoms with Crippen molar-refractivity contribution in [2.75, 3.05) is 0 Å². The minimum Gasteiger partial charge on any atom is -0.498 e. The van der Waals surface area contributed by atoms with Crippen molar-refractivity contribution in [3.8, 4) is 6.07 Å². The summed E-state index contributed by atoms with van der Waals surface area (Å²) in [6, 6.07) is 1.97. The number of allylic oxidation sites excluding steroid dienone is 1. The monoisotopic (exact) mass is 81.0 g/mol. The van der Waals surface area contributed by atoms with Crippen LogP contribution in [0.5, 0.6) is 0 Å². The smallest absolute Gasteiger partial charge is 0.337 e. The molecule has 0 heterocycles. The lowest BCUT2D eigenvalue weighted by molar-refractivity contribution is 2.10. The summed E-state index contributed by atoms with van der Waals surface area (Å²) in [6.07, 6.45) is 1.22. The third-order valence-corrected chi connectivity index (χ3v) is 0.219. The van der Waals surface area contributed by atoms with E-state index in [0.29, 0.717) is 0 Å². The first-order valence-corrected chi connectivity index (χ1v) is 1.34. The third kappa shape index (κ3) is 2.81. The first-order chi connectivity index (χ1) is 2.91. The third-order valence-electron chi connectivity index (χ3n) is 0.219. The fourth-order valence-electron chi connectivity index (χ4n) is 0.0720. The summed E-state index contributed by atoms with van der Waals surface area (Å²) >= 11 is 0. The number of hydrogen-bond donors (Lipinski definition) is 0. The molecule has 2 nitrogen and oxygen atoms in total. The Kier molecular flexibility index (Phi) is 3.05. The van der Waals surface area contributed by atoms with Gasteiger partial charge in [-0.1, -0.05) is 6.58 Å². The second-order valence-corrected chi connectivity index (χ2v) is 0.569. The second kappa shape index (κ2) is 3.81. The van der Waals surface area contributed by atoms with Gasteiger partial charge < -0.3 is 5.21 Å². The molecule has 0 radical (unpaired) electrons. The van der Waals surface area contributed by atoms with Crippen molar-refractivity contribution in [1.29, 1.82) is 0 Å². The second-order valence-electron chi connectivity index (χ2n) is 0.569. The van der Waals surface area contributed by atoms with E-state index in [2.05, 4.69) is 17.3 Å². The van der Waals surface area contributed by atoms with Crippen LogP contribution in [-0.2, 0) is 0 Å². The van der Waals surface area contributed by atoms with Gasteiger partial charge in [-0.25, -0.2) is 0 Å². The summed E-state index contributed by atoms with van der Waals surface area (Å²) in [5, 5.41) is 11.4. The topological polar surface area (TPSA) is 27.4 Å². The van der Waals surface area contributed by atoms with Crippen molar-refractivity contribution in [1.82, 2.24) is 0 Å². The van der Waals surface area contributed by atoms with E-state index in [9.17, 15) is 0 Å². The van der Waals surface area contributed by atoms with Gasteiger partial charge in [-0.3, -0.25) is 0 Å². The Labute approximate surface area is 35.8 Å². The Bertz CT molecular complexity index is 122. The van der Waals surface area contributed by atoms with Gasteiger partial charge in [-0.15, -0.1) is 5.73 Å². The van der Waals surface area contributed by atoms with Gasteiger partial charge in [0.15, 0.2) is 0 Å². The van der Waals surface area contributed by atoms with E-state index in [4.69, 9.17) is 5.21 Å². The zero-order valence-corrected chi connectivity index (χ0v) is 3.14. The lowest BCUT2D eigenvalue weighted by atomic mass is 10.7. The molecule has 6 heavy (non-hydrogen) atoms. The van der Waals surface area contributed by atoms with Crippen LogP contribution in [0, 0.1) is 11.3 Å². The zero-order chi connectivity index (χ0) is 4.83. The molecule has 0 saturated carbocycles. The fraction of sp³-hybridized carbons (Fsp3) is 0. The van der Waals surface area contributed by atoms with Gasteiger partial charge in [0.1, 0.15) is 6.08 Å². The van der Waals surface area contributed by atoms with Crippen LogP contribution in [0.25, 0.3) is 5.01 Å². The molecule has 0 amide bonds. The quantitative estimate of drug-likeness (QED) is 0.244. The van der Waals surface area contributed by atoms with Gasteiger partial charge in [0.05, 0.1) is 0 Å². The molecule has 0 saturated heterocycles. The van der Waals surface area contributed by atoms with Crippen molar-refractivity contribution in [2.24, 2.45) is 0 Å². The molecular formula is C4H3NO. The molecule has 0 atom stereocenters. The van der Waals surface area contributed by atoms with Gasteiger partial charge in [0.25, 0.3) is 0 Å². The molecule has 0 aliphatic heterocycles. The van der Waals surface area contributed by atoms with Crippen molar-refractivity contribution < 1.29 is 0 Å². The van der Waals surface area contributed by atoms with Crippen molar-refractivity contribution >= 4 is 0 Å². The Hall–Kier alpha value is -1.19. The molecule has 0 aromatic heterocycles. The lowest BCUT2D eigenvalue weighted by Crippen LogP contribution is -1.33. The Balaban J connectivity index is 3.53. The summed E-state index contributed by atoms with van der Waals surface area (Å²) in [4.78, 5) is 0. The minimum atomic E-state index is 1.22. The summed E-state index contributed by atoms with van der Waals surface area (Å²) in [7, 11) is 0. The molecule has 0 bridgehead atoms. The standard InChI is InChI=1S/C4H3NO/c1-2-3-4-5-6/h3H,1H2. The molecule has 0 aliphatic carbocycles. The molecule has 2 heteroatoms. The average molecular weight is 81.1 g/mol. The van der Waals surface area contributed by atoms with E-state index in [1.165, 1.54) is 6.08 Å². The van der Waals surface area contributed by atoms with Crippen molar-refractivity contribution in [3.63, 3.8) is 0 Å². The van der Waals surface area contributed by atoms with E-state index >= 15 is 0 Å². The van der Waals surface area contributed by atoms with Crippen LogP contribution in [0.1, 0.15) is 0 Å². The molecule has 0 rings (SSSR count). The van der Waals surface area contributed by atoms with E-state index in [1.54, 1.807) is 0 Å². The normalized spacial score (nSPS) is 4.00. The van der Waals surface area contributed by atoms with Crippen LogP contribution in [-0.4, -0.2) is 0 Å². The van der Waals surface area contributed by atoms with Gasteiger partial charge in [-0.2, -0.15) is 0 Å². The van der Waals surface area contributed by atoms with Crippen LogP contribution in [0.3, 0.4) is 0 Å². The predicted octanol–water partition coefficient (Wildman–Crippen LogP) is 1.16. The van der Waals surface area contributed by atoms with E-state index in [-0.39, 0.29) is 0 Å². The van der Waals surface area contributed by atoms with E-state index < -0.39 is 0 Å². The summed E-state index contributed by atoms with van der Waals surface area (Å²) in [5.74, 6) is 0. The Morgan fingerprint density at radius 2 is 2.50 bits per heavy atom. The van der Waals surface area contributed by atoms with Gasteiger partial charge in [-0.05, 0) is 0 Å². The molecule has 0 fully saturated rings. The highest BCUT2D eigenvalue weighted by Crippen LogP contribution is 1.58. The van der Waals surface area contributed by atoms with Gasteiger partial charge in [0.2, 0.25) is 0 Å². The molecule has 30 valence electrons. The first kappa shape index (κ1) is 4.81. The number of nitrogens with zero attached hydrogens (tertiary/aromatic N) is 1. The summed E-state index contributed by atoms with van der Waals surface area (Å²) in [6.45, 7) is 3.16. The van der Waals surface area contributed by atoms with Crippen LogP contribution in [0.15, 0.2) is 18.4 Å². The highest BCUT2D eigenvalue weighted by atomic mass is 16.4. The maximum atomic E-state index is 9.10. The Morgan fingerprint density at radius 1 is 1.83 bits per heavy atom. The molecule has 0 spiro atoms. The molecule has 0 aromatic carbocycles. The first-order valence-electron chi connectivity index (χ1n) is 1.34. The lowest BCUT2D eigenvalue weighted by Gasteiger charge is -1.45. The van der Waals surface area contributed by atoms with E-state index in [0.717, 1.165) is 0 Å². The summed E-state index contributed by atoms with van der Waals surface area (Å²) in [5.41, 5.74) is 2.29. The highest BCUT2D eigenvalue weighted by molar-refractivity contribution is 5.06. The molecule has 0 N–H and O–H groups in total. The van der Waals surface area contributed by atoms with Gasteiger partial charge in [0, 0.05) is 5.01 Å². The highest BCUT2D eigenvalue weighted by Gasteiger charge is 1.57. The maximum absolute atomic E-state index is 9.10. The minimum absolute atomic E-state index is 1.22. The largest absolute Gasteiger partial charge is 0.498 e. The van der Waals surface area contributed by atoms with Crippen LogP contribution >= 0.6 is 0 Å². The van der Waals surface area contributed by atoms with Gasteiger partial charge >= 0.3 is 6.07 Å². The van der Waals surface area contributed by atoms with Crippen molar-refractivity contribution in [2.45, 2.75) is 0 Å². The molecular weight excluding hydrogens is 78.0 g/mol. The predicted molar refractivity (Wildman–Crippen MR) is 24.3 cm³/mol. The van der Waals surface area contributed by atoms with Crippen LogP contribution in [0.4, 0.5) is 0 Å². The molecule has 0 unspecified atom stereocenters. The van der Waals surface area contributed by atoms with Crippen molar-refractivity contribution in [3.05, 3.63) is 28.6 Å². The Morgan fingerprint density at radius 3 is 2.67 bits per heavy atom. The molecule has 0 aromatic rings. The molecule has 0 aliphatic rings. The van der Waals surface area contributed by atoms with E-state index in [1.807, 2.05) is 6.07 Å². The fourth-order valence-corrected chi connectivity index (χ4v) is 0.0720.